The van der Waals surface area contributed by atoms with Gasteiger partial charge in [0, 0.05) is 44.5 Å². The Morgan fingerprint density at radius 2 is 1.82 bits per heavy atom. The van der Waals surface area contributed by atoms with E-state index in [0.717, 1.165) is 29.0 Å². The van der Waals surface area contributed by atoms with Crippen LogP contribution < -0.4 is 25.2 Å². The molecule has 45 heavy (non-hydrogen) atoms. The number of fused-ring (bicyclic) bond motifs is 3. The van der Waals surface area contributed by atoms with Crippen molar-refractivity contribution in [1.29, 1.82) is 0 Å². The first-order chi connectivity index (χ1) is 21.7. The lowest BCUT2D eigenvalue weighted by Gasteiger charge is -2.32. The maximum absolute atomic E-state index is 13.6. The van der Waals surface area contributed by atoms with Crippen LogP contribution in [-0.4, -0.2) is 68.1 Å². The summed E-state index contributed by atoms with van der Waals surface area (Å²) in [4.78, 5) is 40.0. The number of carbonyl (C=O) groups excluding carboxylic acids is 2. The van der Waals surface area contributed by atoms with E-state index in [1.165, 1.54) is 18.2 Å². The fourth-order valence-electron chi connectivity index (χ4n) is 5.07. The summed E-state index contributed by atoms with van der Waals surface area (Å²) in [6.07, 6.45) is 2.79. The molecule has 0 saturated carbocycles. The number of anilines is 5. The Kier molecular flexibility index (Phi) is 9.22. The number of aromatic nitrogens is 2. The first-order valence-electron chi connectivity index (χ1n) is 14.2. The maximum Gasteiger partial charge on any atom is 0.247 e. The van der Waals surface area contributed by atoms with Gasteiger partial charge in [-0.3, -0.25) is 4.79 Å². The Hall–Kier alpha value is -5.51. The molecule has 1 aromatic heterocycles. The van der Waals surface area contributed by atoms with E-state index in [1.54, 1.807) is 31.5 Å². The molecule has 2 heterocycles. The van der Waals surface area contributed by atoms with Gasteiger partial charge in [-0.1, -0.05) is 36.9 Å². The van der Waals surface area contributed by atoms with Crippen molar-refractivity contribution in [2.75, 3.05) is 61.8 Å². The van der Waals surface area contributed by atoms with Gasteiger partial charge < -0.3 is 30.1 Å². The van der Waals surface area contributed by atoms with E-state index in [-0.39, 0.29) is 23.4 Å². The number of nitrogens with one attached hydrogen (secondary N) is 2. The molecule has 0 fully saturated rings. The molecule has 0 atom stereocenters. The highest BCUT2D eigenvalue weighted by atomic mass is 19.1. The van der Waals surface area contributed by atoms with Crippen molar-refractivity contribution in [2.45, 2.75) is 6.54 Å². The molecule has 0 bridgehead atoms. The predicted octanol–water partition coefficient (Wildman–Crippen LogP) is 5.35. The summed E-state index contributed by atoms with van der Waals surface area (Å²) in [5.41, 5.74) is 5.55. The minimum atomic E-state index is -0.353. The van der Waals surface area contributed by atoms with Crippen LogP contribution in [0.2, 0.25) is 0 Å². The van der Waals surface area contributed by atoms with Gasteiger partial charge in [0.05, 0.1) is 41.1 Å². The van der Waals surface area contributed by atoms with E-state index in [1.807, 2.05) is 61.3 Å². The zero-order valence-corrected chi connectivity index (χ0v) is 25.6. The summed E-state index contributed by atoms with van der Waals surface area (Å²) in [7, 11) is 7.49. The normalized spacial score (nSPS) is 11.8. The minimum absolute atomic E-state index is 0.258. The van der Waals surface area contributed by atoms with Gasteiger partial charge in [0.1, 0.15) is 17.3 Å². The van der Waals surface area contributed by atoms with Crippen LogP contribution in [0.3, 0.4) is 0 Å². The number of amides is 1. The van der Waals surface area contributed by atoms with E-state index in [9.17, 15) is 14.0 Å². The van der Waals surface area contributed by atoms with Crippen molar-refractivity contribution >= 4 is 46.2 Å². The van der Waals surface area contributed by atoms with Crippen molar-refractivity contribution in [3.05, 3.63) is 96.5 Å². The molecule has 2 N–H and O–H groups in total. The lowest BCUT2D eigenvalue weighted by molar-refractivity contribution is -0.111. The number of rotatable bonds is 11. The number of ether oxygens (including phenoxy) is 1. The molecule has 230 valence electrons. The standard InChI is InChI=1S/C34H34FN7O3/c1-6-32(44)37-26-17-27(31(45-5)18-29(26)41(4)16-15-40(2)3)38-34-36-19-25-30(21-43)42(20-22-11-13-23(35)14-12-22)28-10-8-7-9-24(28)33(25)39-34/h6-14,17-19H,1,15-16,20H2,2-5H3,(H,37,44)(H,36,38,39). The summed E-state index contributed by atoms with van der Waals surface area (Å²) in [6, 6.07) is 17.3. The molecule has 0 saturated heterocycles. The summed E-state index contributed by atoms with van der Waals surface area (Å²) in [6.45, 7) is 5.41. The number of likely N-dealkylation sites (N-methyl/N-ethyl adjacent to an activating group) is 2. The molecule has 0 spiro atoms. The zero-order chi connectivity index (χ0) is 32.1. The number of carbonyl (C=O) groups is 1. The average Bonchev–Trinajstić information content (AvgIpc) is 3.04. The fraction of sp³-hybridized carbons (Fsp3) is 0.206. The van der Waals surface area contributed by atoms with Crippen LogP contribution in [0.4, 0.5) is 33.1 Å². The van der Waals surface area contributed by atoms with Gasteiger partial charge in [0.2, 0.25) is 11.9 Å². The van der Waals surface area contributed by atoms with E-state index in [4.69, 9.17) is 9.72 Å². The van der Waals surface area contributed by atoms with Crippen molar-refractivity contribution in [2.24, 2.45) is 0 Å². The van der Waals surface area contributed by atoms with Crippen LogP contribution in [0.15, 0.2) is 79.5 Å². The van der Waals surface area contributed by atoms with Gasteiger partial charge in [-0.2, -0.15) is 0 Å². The van der Waals surface area contributed by atoms with Crippen molar-refractivity contribution < 1.29 is 18.7 Å². The smallest absolute Gasteiger partial charge is 0.247 e. The van der Waals surface area contributed by atoms with Crippen LogP contribution in [0.5, 0.6) is 5.75 Å². The first kappa shape index (κ1) is 30.9. The highest BCUT2D eigenvalue weighted by Crippen LogP contribution is 2.44. The van der Waals surface area contributed by atoms with Crippen molar-refractivity contribution in [3.63, 3.8) is 0 Å². The summed E-state index contributed by atoms with van der Waals surface area (Å²) >= 11 is 0. The number of hydrogen-bond donors (Lipinski definition) is 2. The molecular formula is C34H34FN7O3. The minimum Gasteiger partial charge on any atom is -0.494 e. The van der Waals surface area contributed by atoms with Gasteiger partial charge >= 0.3 is 0 Å². The van der Waals surface area contributed by atoms with Crippen molar-refractivity contribution in [3.8, 4) is 17.0 Å². The van der Waals surface area contributed by atoms with Crippen LogP contribution in [0.1, 0.15) is 11.1 Å². The number of nitrogens with zero attached hydrogens (tertiary/aromatic N) is 5. The molecule has 0 unspecified atom stereocenters. The Morgan fingerprint density at radius 1 is 1.07 bits per heavy atom. The lowest BCUT2D eigenvalue weighted by atomic mass is 9.96. The zero-order valence-electron chi connectivity index (χ0n) is 25.6. The van der Waals surface area contributed by atoms with Gasteiger partial charge in [-0.15, -0.1) is 0 Å². The van der Waals surface area contributed by atoms with Gasteiger partial charge in [-0.25, -0.2) is 19.2 Å². The second kappa shape index (κ2) is 13.4. The monoisotopic (exact) mass is 607 g/mol. The molecule has 5 rings (SSSR count). The molecule has 0 radical (unpaired) electrons. The second-order valence-corrected chi connectivity index (χ2v) is 10.7. The van der Waals surface area contributed by atoms with Crippen molar-refractivity contribution in [1.82, 2.24) is 14.9 Å². The van der Waals surface area contributed by atoms with E-state index >= 15 is 0 Å². The van der Waals surface area contributed by atoms with Gasteiger partial charge in [-0.05, 0) is 50.0 Å². The predicted molar refractivity (Wildman–Crippen MR) is 176 cm³/mol. The number of halogens is 1. The number of benzene rings is 3. The third-order valence-electron chi connectivity index (χ3n) is 7.42. The topological polar surface area (TPSA) is 103 Å². The third-order valence-corrected chi connectivity index (χ3v) is 7.42. The van der Waals surface area contributed by atoms with Crippen LogP contribution in [-0.2, 0) is 16.1 Å². The Balaban J connectivity index is 1.53. The maximum atomic E-state index is 13.6. The largest absolute Gasteiger partial charge is 0.494 e. The molecule has 1 aliphatic rings. The van der Waals surface area contributed by atoms with Gasteiger partial charge in [0.25, 0.3) is 0 Å². The molecule has 1 amide bonds. The molecule has 0 aliphatic carbocycles. The summed E-state index contributed by atoms with van der Waals surface area (Å²) in [5, 5.41) is 6.12. The fourth-order valence-corrected chi connectivity index (χ4v) is 5.07. The molecule has 3 aromatic carbocycles. The molecular weight excluding hydrogens is 573 g/mol. The highest BCUT2D eigenvalue weighted by molar-refractivity contribution is 6.05. The first-order valence-corrected chi connectivity index (χ1v) is 14.2. The second-order valence-electron chi connectivity index (χ2n) is 10.7. The number of methoxy groups -OCH3 is 1. The average molecular weight is 608 g/mol. The Labute approximate surface area is 261 Å². The Morgan fingerprint density at radius 3 is 2.51 bits per heavy atom. The van der Waals surface area contributed by atoms with E-state index < -0.39 is 0 Å². The number of hydrogen-bond acceptors (Lipinski definition) is 9. The quantitative estimate of drug-likeness (QED) is 0.173. The summed E-state index contributed by atoms with van der Waals surface area (Å²) in [5.74, 6) is 2.16. The van der Waals surface area contributed by atoms with Crippen LogP contribution in [0, 0.1) is 5.82 Å². The highest BCUT2D eigenvalue weighted by Gasteiger charge is 2.30. The van der Waals surface area contributed by atoms with E-state index in [0.29, 0.717) is 41.5 Å². The molecule has 11 heteroatoms. The number of para-hydroxylation sites is 1. The third kappa shape index (κ3) is 6.70. The summed E-state index contributed by atoms with van der Waals surface area (Å²) < 4.78 is 19.3. The Bertz CT molecular complexity index is 1790. The molecule has 1 aliphatic heterocycles. The lowest BCUT2D eigenvalue weighted by Crippen LogP contribution is -2.29. The van der Waals surface area contributed by atoms with Crippen LogP contribution in [0.25, 0.3) is 17.0 Å². The molecule has 4 aromatic rings. The SMILES string of the molecule is C=CC(=O)Nc1cc(Nc2ncc3c(n2)-c2ccccc2N(Cc2ccc(F)cc2)C3=C=O)c(OC)cc1N(C)CCN(C)C. The van der Waals surface area contributed by atoms with Gasteiger partial charge in [0.15, 0.2) is 5.94 Å². The molecule has 10 nitrogen and oxygen atoms in total. The van der Waals surface area contributed by atoms with Crippen LogP contribution >= 0.6 is 0 Å². The van der Waals surface area contributed by atoms with E-state index in [2.05, 4.69) is 33.0 Å².